The van der Waals surface area contributed by atoms with Crippen LogP contribution < -0.4 is 5.73 Å². The molecule has 16 heavy (non-hydrogen) atoms. The smallest absolute Gasteiger partial charge is 0.339 e. The largest absolute Gasteiger partial charge is 0.462 e. The van der Waals surface area contributed by atoms with E-state index in [-0.39, 0.29) is 23.7 Å². The zero-order chi connectivity index (χ0) is 12.3. The third-order valence-corrected chi connectivity index (χ3v) is 2.29. The van der Waals surface area contributed by atoms with E-state index in [1.807, 2.05) is 0 Å². The normalized spacial score (nSPS) is 9.94. The molecule has 0 aliphatic heterocycles. The van der Waals surface area contributed by atoms with Crippen LogP contribution in [-0.4, -0.2) is 23.3 Å². The molecule has 0 spiro atoms. The fraction of sp³-hybridized carbons (Fsp3) is 0.300. The lowest BCUT2D eigenvalue weighted by atomic mass is 10.1. The molecule has 0 radical (unpaired) electrons. The number of hydrogen-bond acceptors (Lipinski definition) is 5. The van der Waals surface area contributed by atoms with Gasteiger partial charge in [0.05, 0.1) is 17.7 Å². The Kier molecular flexibility index (Phi) is 4.00. The molecule has 0 saturated heterocycles. The number of anilines is 1. The summed E-state index contributed by atoms with van der Waals surface area (Å²) in [5.41, 5.74) is 6.43. The summed E-state index contributed by atoms with van der Waals surface area (Å²) in [5.74, 6) is -0.358. The molecule has 0 unspecified atom stereocenters. The Hall–Kier alpha value is -1.43. The SMILES string of the molecule is CCOC(=O)c1cc(Br)nc(N)c1C(C)=N. The van der Waals surface area contributed by atoms with E-state index in [1.54, 1.807) is 13.8 Å². The molecule has 1 rings (SSSR count). The van der Waals surface area contributed by atoms with Gasteiger partial charge in [-0.05, 0) is 35.8 Å². The van der Waals surface area contributed by atoms with Crippen LogP contribution in [0.5, 0.6) is 0 Å². The van der Waals surface area contributed by atoms with Crippen molar-refractivity contribution in [3.8, 4) is 0 Å². The summed E-state index contributed by atoms with van der Waals surface area (Å²) in [6, 6.07) is 1.50. The van der Waals surface area contributed by atoms with Gasteiger partial charge in [0.2, 0.25) is 0 Å². The lowest BCUT2D eigenvalue weighted by molar-refractivity contribution is 0.0526. The van der Waals surface area contributed by atoms with Crippen LogP contribution in [0.1, 0.15) is 29.8 Å². The van der Waals surface area contributed by atoms with Crippen LogP contribution in [-0.2, 0) is 4.74 Å². The molecular formula is C10H12BrN3O2. The monoisotopic (exact) mass is 285 g/mol. The number of rotatable bonds is 3. The van der Waals surface area contributed by atoms with Crippen molar-refractivity contribution in [3.05, 3.63) is 21.8 Å². The van der Waals surface area contributed by atoms with Crippen LogP contribution in [0.2, 0.25) is 0 Å². The van der Waals surface area contributed by atoms with Gasteiger partial charge in [-0.3, -0.25) is 0 Å². The molecule has 0 amide bonds. The summed E-state index contributed by atoms with van der Waals surface area (Å²) in [4.78, 5) is 15.6. The minimum Gasteiger partial charge on any atom is -0.462 e. The number of ether oxygens (including phenoxy) is 1. The zero-order valence-corrected chi connectivity index (χ0v) is 10.6. The molecule has 0 aliphatic carbocycles. The summed E-state index contributed by atoms with van der Waals surface area (Å²) in [6.45, 7) is 3.54. The number of pyridine rings is 1. The van der Waals surface area contributed by atoms with Crippen LogP contribution in [0.15, 0.2) is 10.7 Å². The van der Waals surface area contributed by atoms with Crippen molar-refractivity contribution >= 4 is 33.4 Å². The number of nitrogen functional groups attached to an aromatic ring is 1. The standard InChI is InChI=1S/C10H12BrN3O2/c1-3-16-10(15)6-4-7(11)14-9(13)8(6)5(2)12/h4,12H,3H2,1-2H3,(H2,13,14). The zero-order valence-electron chi connectivity index (χ0n) is 9.00. The fourth-order valence-electron chi connectivity index (χ4n) is 1.30. The van der Waals surface area contributed by atoms with Crippen LogP contribution in [0.3, 0.4) is 0 Å². The van der Waals surface area contributed by atoms with Crippen LogP contribution in [0.4, 0.5) is 5.82 Å². The minimum absolute atomic E-state index is 0.143. The lowest BCUT2D eigenvalue weighted by Crippen LogP contribution is -2.14. The number of nitrogens with two attached hydrogens (primary N) is 1. The number of halogens is 1. The second-order valence-electron chi connectivity index (χ2n) is 3.10. The van der Waals surface area contributed by atoms with Gasteiger partial charge in [0.25, 0.3) is 0 Å². The van der Waals surface area contributed by atoms with E-state index in [4.69, 9.17) is 15.9 Å². The van der Waals surface area contributed by atoms with Gasteiger partial charge in [-0.25, -0.2) is 9.78 Å². The Morgan fingerprint density at radius 1 is 1.69 bits per heavy atom. The van der Waals surface area contributed by atoms with Gasteiger partial charge >= 0.3 is 5.97 Å². The van der Waals surface area contributed by atoms with E-state index in [9.17, 15) is 4.79 Å². The second-order valence-corrected chi connectivity index (χ2v) is 3.91. The van der Waals surface area contributed by atoms with E-state index in [1.165, 1.54) is 6.07 Å². The van der Waals surface area contributed by atoms with Crippen molar-refractivity contribution in [3.63, 3.8) is 0 Å². The lowest BCUT2D eigenvalue weighted by Gasteiger charge is -2.10. The Morgan fingerprint density at radius 3 is 2.81 bits per heavy atom. The summed E-state index contributed by atoms with van der Waals surface area (Å²) < 4.78 is 5.33. The number of nitrogens with one attached hydrogen (secondary N) is 1. The average Bonchev–Trinajstić information content (AvgIpc) is 2.15. The maximum atomic E-state index is 11.7. The highest BCUT2D eigenvalue weighted by Gasteiger charge is 2.18. The first-order valence-electron chi connectivity index (χ1n) is 4.66. The quantitative estimate of drug-likeness (QED) is 0.505. The Bertz CT molecular complexity index is 446. The molecule has 1 aromatic heterocycles. The maximum absolute atomic E-state index is 11.7. The van der Waals surface area contributed by atoms with Gasteiger partial charge in [0.1, 0.15) is 10.4 Å². The first kappa shape index (κ1) is 12.6. The molecule has 0 saturated carbocycles. The molecule has 86 valence electrons. The molecule has 0 bridgehead atoms. The van der Waals surface area contributed by atoms with Crippen LogP contribution in [0, 0.1) is 5.41 Å². The summed E-state index contributed by atoms with van der Waals surface area (Å²) in [7, 11) is 0. The molecule has 0 aromatic carbocycles. The number of carbonyl (C=O) groups excluding carboxylic acids is 1. The molecule has 6 heteroatoms. The predicted octanol–water partition coefficient (Wildman–Crippen LogP) is 1.99. The van der Waals surface area contributed by atoms with Crippen molar-refractivity contribution in [1.29, 1.82) is 5.41 Å². The highest BCUT2D eigenvalue weighted by molar-refractivity contribution is 9.10. The van der Waals surface area contributed by atoms with Gasteiger partial charge in [-0.15, -0.1) is 0 Å². The second kappa shape index (κ2) is 5.07. The fourth-order valence-corrected chi connectivity index (χ4v) is 1.72. The van der Waals surface area contributed by atoms with E-state index in [2.05, 4.69) is 20.9 Å². The van der Waals surface area contributed by atoms with Crippen molar-refractivity contribution in [1.82, 2.24) is 4.98 Å². The van der Waals surface area contributed by atoms with Crippen molar-refractivity contribution in [2.45, 2.75) is 13.8 Å². The first-order chi connectivity index (χ1) is 7.47. The molecule has 0 fully saturated rings. The average molecular weight is 286 g/mol. The highest BCUT2D eigenvalue weighted by Crippen LogP contribution is 2.21. The van der Waals surface area contributed by atoms with Gasteiger partial charge in [0, 0.05) is 5.71 Å². The van der Waals surface area contributed by atoms with Crippen LogP contribution in [0.25, 0.3) is 0 Å². The number of carbonyl (C=O) groups is 1. The molecule has 3 N–H and O–H groups in total. The molecule has 1 heterocycles. The topological polar surface area (TPSA) is 89.1 Å². The summed E-state index contributed by atoms with van der Waals surface area (Å²) in [6.07, 6.45) is 0. The van der Waals surface area contributed by atoms with Gasteiger partial charge in [0.15, 0.2) is 0 Å². The maximum Gasteiger partial charge on any atom is 0.339 e. The number of nitrogens with zero attached hydrogens (tertiary/aromatic N) is 1. The molecule has 1 aromatic rings. The molecule has 5 nitrogen and oxygen atoms in total. The highest BCUT2D eigenvalue weighted by atomic mass is 79.9. The van der Waals surface area contributed by atoms with Gasteiger partial charge < -0.3 is 15.9 Å². The first-order valence-corrected chi connectivity index (χ1v) is 5.45. The third kappa shape index (κ3) is 2.57. The molecular weight excluding hydrogens is 274 g/mol. The predicted molar refractivity (Wildman–Crippen MR) is 64.8 cm³/mol. The summed E-state index contributed by atoms with van der Waals surface area (Å²) >= 11 is 3.15. The Morgan fingerprint density at radius 2 is 2.31 bits per heavy atom. The number of hydrogen-bond donors (Lipinski definition) is 2. The van der Waals surface area contributed by atoms with Crippen LogP contribution >= 0.6 is 15.9 Å². The number of aromatic nitrogens is 1. The van der Waals surface area contributed by atoms with Gasteiger partial charge in [-0.2, -0.15) is 0 Å². The van der Waals surface area contributed by atoms with E-state index in [0.29, 0.717) is 10.2 Å². The Labute approximate surface area is 102 Å². The van der Waals surface area contributed by atoms with E-state index in [0.717, 1.165) is 0 Å². The van der Waals surface area contributed by atoms with Crippen molar-refractivity contribution in [2.75, 3.05) is 12.3 Å². The van der Waals surface area contributed by atoms with E-state index >= 15 is 0 Å². The third-order valence-electron chi connectivity index (χ3n) is 1.89. The van der Waals surface area contributed by atoms with Crippen molar-refractivity contribution in [2.24, 2.45) is 0 Å². The van der Waals surface area contributed by atoms with E-state index < -0.39 is 5.97 Å². The van der Waals surface area contributed by atoms with Crippen molar-refractivity contribution < 1.29 is 9.53 Å². The molecule has 0 aliphatic rings. The summed E-state index contributed by atoms with van der Waals surface area (Å²) in [5, 5.41) is 7.57. The van der Waals surface area contributed by atoms with Gasteiger partial charge in [-0.1, -0.05) is 0 Å². The number of esters is 1. The molecule has 0 atom stereocenters. The minimum atomic E-state index is -0.501. The Balaban J connectivity index is 3.35.